The van der Waals surface area contributed by atoms with Crippen molar-refractivity contribution in [2.45, 2.75) is 44.9 Å². The summed E-state index contributed by atoms with van der Waals surface area (Å²) in [5.41, 5.74) is 1.37. The molecule has 1 nitrogen and oxygen atoms in total. The van der Waals surface area contributed by atoms with Crippen LogP contribution in [0.25, 0.3) is 0 Å². The lowest BCUT2D eigenvalue weighted by Crippen LogP contribution is -1.84. The Hall–Kier alpha value is -0.370. The van der Waals surface area contributed by atoms with Crippen LogP contribution < -0.4 is 0 Å². The minimum atomic E-state index is 0.830. The van der Waals surface area contributed by atoms with E-state index in [0.29, 0.717) is 0 Å². The average molecular weight is 181 g/mol. The summed E-state index contributed by atoms with van der Waals surface area (Å²) in [5.74, 6) is 0.830. The number of nitrogens with zero attached hydrogens (tertiary/aromatic N) is 1. The first-order valence-corrected chi connectivity index (χ1v) is 5.72. The third-order valence-corrected chi connectivity index (χ3v) is 3.24. The second-order valence-electron chi connectivity index (χ2n) is 3.54. The number of aromatic nitrogens is 1. The van der Waals surface area contributed by atoms with E-state index < -0.39 is 0 Å². The molecule has 0 aliphatic heterocycles. The van der Waals surface area contributed by atoms with Gasteiger partial charge < -0.3 is 0 Å². The zero-order chi connectivity index (χ0) is 8.39. The molecule has 1 aromatic heterocycles. The van der Waals surface area contributed by atoms with Crippen LogP contribution in [-0.2, 0) is 6.42 Å². The maximum Gasteiger partial charge on any atom is 0.0928 e. The van der Waals surface area contributed by atoms with Gasteiger partial charge in [0.25, 0.3) is 0 Å². The van der Waals surface area contributed by atoms with E-state index in [1.54, 1.807) is 0 Å². The molecule has 1 aliphatic rings. The molecule has 1 aromatic rings. The molecule has 1 heterocycles. The van der Waals surface area contributed by atoms with Gasteiger partial charge in [-0.05, 0) is 25.7 Å². The normalized spacial score (nSPS) is 16.8. The first kappa shape index (κ1) is 8.24. The van der Waals surface area contributed by atoms with E-state index in [2.05, 4.69) is 17.3 Å². The van der Waals surface area contributed by atoms with E-state index in [9.17, 15) is 0 Å². The van der Waals surface area contributed by atoms with Crippen molar-refractivity contribution < 1.29 is 0 Å². The lowest BCUT2D eigenvalue weighted by molar-refractivity contribution is 0.785. The Morgan fingerprint density at radius 2 is 2.42 bits per heavy atom. The highest BCUT2D eigenvalue weighted by atomic mass is 32.1. The molecule has 1 aliphatic carbocycles. The number of hydrogen-bond acceptors (Lipinski definition) is 2. The van der Waals surface area contributed by atoms with Gasteiger partial charge in [-0.15, -0.1) is 11.3 Å². The van der Waals surface area contributed by atoms with Crippen LogP contribution in [0, 0.1) is 0 Å². The molecule has 0 aromatic carbocycles. The largest absolute Gasteiger partial charge is 0.246 e. The van der Waals surface area contributed by atoms with Gasteiger partial charge in [0.1, 0.15) is 0 Å². The molecule has 0 spiro atoms. The molecule has 0 unspecified atom stereocenters. The van der Waals surface area contributed by atoms with Gasteiger partial charge in [0.05, 0.1) is 10.7 Å². The van der Waals surface area contributed by atoms with Crippen LogP contribution >= 0.6 is 11.3 Å². The van der Waals surface area contributed by atoms with Crippen molar-refractivity contribution in [1.82, 2.24) is 4.98 Å². The first-order chi connectivity index (χ1) is 5.90. The van der Waals surface area contributed by atoms with E-state index in [1.165, 1.54) is 42.8 Å². The van der Waals surface area contributed by atoms with Crippen LogP contribution in [0.2, 0.25) is 0 Å². The predicted octanol–water partition coefficient (Wildman–Crippen LogP) is 3.36. The highest BCUT2D eigenvalue weighted by molar-refractivity contribution is 7.09. The zero-order valence-corrected chi connectivity index (χ0v) is 8.36. The number of unbranched alkanes of at least 4 members (excludes halogenated alkanes) is 1. The van der Waals surface area contributed by atoms with Gasteiger partial charge in [0, 0.05) is 11.3 Å². The molecule has 1 saturated carbocycles. The number of thiazole rings is 1. The summed E-state index contributed by atoms with van der Waals surface area (Å²) in [6.45, 7) is 2.23. The highest BCUT2D eigenvalue weighted by Crippen LogP contribution is 2.40. The van der Waals surface area contributed by atoms with Crippen molar-refractivity contribution in [3.63, 3.8) is 0 Å². The predicted molar refractivity (Wildman–Crippen MR) is 52.7 cm³/mol. The SMILES string of the molecule is CCCCc1nc(C2CC2)cs1. The molecule has 1 fully saturated rings. The molecular weight excluding hydrogens is 166 g/mol. The summed E-state index contributed by atoms with van der Waals surface area (Å²) in [6, 6.07) is 0. The Morgan fingerprint density at radius 3 is 3.08 bits per heavy atom. The summed E-state index contributed by atoms with van der Waals surface area (Å²) in [5, 5.41) is 3.60. The van der Waals surface area contributed by atoms with Crippen LogP contribution in [0.1, 0.15) is 49.2 Å². The van der Waals surface area contributed by atoms with Gasteiger partial charge in [-0.25, -0.2) is 4.98 Å². The molecule has 0 atom stereocenters. The van der Waals surface area contributed by atoms with Gasteiger partial charge in [-0.2, -0.15) is 0 Å². The third-order valence-electron chi connectivity index (χ3n) is 2.31. The summed E-state index contributed by atoms with van der Waals surface area (Å²) in [4.78, 5) is 4.63. The molecule has 0 radical (unpaired) electrons. The standard InChI is InChI=1S/C10H15NS/c1-2-3-4-10-11-9(7-12-10)8-5-6-8/h7-8H,2-6H2,1H3. The maximum atomic E-state index is 4.63. The quantitative estimate of drug-likeness (QED) is 0.694. The Kier molecular flexibility index (Phi) is 2.45. The molecule has 2 heteroatoms. The van der Waals surface area contributed by atoms with Gasteiger partial charge >= 0.3 is 0 Å². The smallest absolute Gasteiger partial charge is 0.0928 e. The Balaban J connectivity index is 1.93. The van der Waals surface area contributed by atoms with Crippen molar-refractivity contribution >= 4 is 11.3 Å². The zero-order valence-electron chi connectivity index (χ0n) is 7.55. The maximum absolute atomic E-state index is 4.63. The fraction of sp³-hybridized carbons (Fsp3) is 0.700. The molecule has 0 amide bonds. The summed E-state index contributed by atoms with van der Waals surface area (Å²) in [7, 11) is 0. The number of aryl methyl sites for hydroxylation is 1. The van der Waals surface area contributed by atoms with Crippen molar-refractivity contribution in [2.75, 3.05) is 0 Å². The van der Waals surface area contributed by atoms with E-state index in [-0.39, 0.29) is 0 Å². The molecular formula is C10H15NS. The Morgan fingerprint density at radius 1 is 1.58 bits per heavy atom. The monoisotopic (exact) mass is 181 g/mol. The van der Waals surface area contributed by atoms with E-state index in [4.69, 9.17) is 0 Å². The topological polar surface area (TPSA) is 12.9 Å². The molecule has 0 N–H and O–H groups in total. The lowest BCUT2D eigenvalue weighted by atomic mass is 10.2. The molecule has 66 valence electrons. The summed E-state index contributed by atoms with van der Waals surface area (Å²) >= 11 is 1.85. The average Bonchev–Trinajstić information content (AvgIpc) is 2.83. The second-order valence-corrected chi connectivity index (χ2v) is 4.49. The summed E-state index contributed by atoms with van der Waals surface area (Å²) < 4.78 is 0. The van der Waals surface area contributed by atoms with E-state index >= 15 is 0 Å². The van der Waals surface area contributed by atoms with Crippen molar-refractivity contribution in [3.8, 4) is 0 Å². The van der Waals surface area contributed by atoms with Crippen LogP contribution in [0.4, 0.5) is 0 Å². The Bertz CT molecular complexity index is 250. The van der Waals surface area contributed by atoms with Crippen molar-refractivity contribution in [1.29, 1.82) is 0 Å². The second kappa shape index (κ2) is 3.56. The first-order valence-electron chi connectivity index (χ1n) is 4.84. The third kappa shape index (κ3) is 1.86. The lowest BCUT2D eigenvalue weighted by Gasteiger charge is -1.91. The van der Waals surface area contributed by atoms with Crippen LogP contribution in [-0.4, -0.2) is 4.98 Å². The van der Waals surface area contributed by atoms with E-state index in [0.717, 1.165) is 5.92 Å². The fourth-order valence-corrected chi connectivity index (χ4v) is 2.26. The van der Waals surface area contributed by atoms with Gasteiger partial charge in [0.15, 0.2) is 0 Å². The fourth-order valence-electron chi connectivity index (χ4n) is 1.33. The van der Waals surface area contributed by atoms with Gasteiger partial charge in [0.2, 0.25) is 0 Å². The van der Waals surface area contributed by atoms with Gasteiger partial charge in [-0.3, -0.25) is 0 Å². The van der Waals surface area contributed by atoms with Crippen LogP contribution in [0.3, 0.4) is 0 Å². The number of rotatable bonds is 4. The summed E-state index contributed by atoms with van der Waals surface area (Å²) in [6.07, 6.45) is 6.50. The minimum absolute atomic E-state index is 0.830. The molecule has 0 saturated heterocycles. The Labute approximate surface area is 77.8 Å². The molecule has 2 rings (SSSR count). The van der Waals surface area contributed by atoms with Crippen LogP contribution in [0.5, 0.6) is 0 Å². The van der Waals surface area contributed by atoms with E-state index in [1.807, 2.05) is 11.3 Å². The molecule has 12 heavy (non-hydrogen) atoms. The highest BCUT2D eigenvalue weighted by Gasteiger charge is 2.25. The van der Waals surface area contributed by atoms with Crippen molar-refractivity contribution in [2.24, 2.45) is 0 Å². The van der Waals surface area contributed by atoms with Crippen molar-refractivity contribution in [3.05, 3.63) is 16.1 Å². The minimum Gasteiger partial charge on any atom is -0.246 e. The van der Waals surface area contributed by atoms with Crippen LogP contribution in [0.15, 0.2) is 5.38 Å². The molecule has 0 bridgehead atoms. The number of hydrogen-bond donors (Lipinski definition) is 0. The van der Waals surface area contributed by atoms with Gasteiger partial charge in [-0.1, -0.05) is 13.3 Å².